The maximum atomic E-state index is 5.48. The third-order valence-electron chi connectivity index (χ3n) is 2.64. The van der Waals surface area contributed by atoms with Crippen LogP contribution in [0.4, 0.5) is 11.7 Å². The van der Waals surface area contributed by atoms with Crippen LogP contribution in [0.15, 0.2) is 47.2 Å². The van der Waals surface area contributed by atoms with Gasteiger partial charge in [-0.1, -0.05) is 18.2 Å². The molecule has 0 radical (unpaired) electrons. The van der Waals surface area contributed by atoms with Gasteiger partial charge < -0.3 is 15.5 Å². The van der Waals surface area contributed by atoms with E-state index in [1.807, 2.05) is 30.3 Å². The van der Waals surface area contributed by atoms with Gasteiger partial charge in [0.2, 0.25) is 0 Å². The Kier molecular flexibility index (Phi) is 2.66. The molecular formula is C13H12N4O. The number of hydrogen-bond acceptors (Lipinski definition) is 5. The lowest BCUT2D eigenvalue weighted by molar-refractivity contribution is 0.576. The second-order valence-electron chi connectivity index (χ2n) is 3.85. The van der Waals surface area contributed by atoms with E-state index in [-0.39, 0.29) is 0 Å². The number of anilines is 2. The lowest BCUT2D eigenvalue weighted by Crippen LogP contribution is -1.97. The first-order chi connectivity index (χ1) is 8.86. The number of nitrogens with one attached hydrogen (secondary N) is 1. The molecular weight excluding hydrogens is 228 g/mol. The maximum absolute atomic E-state index is 5.48. The van der Waals surface area contributed by atoms with Gasteiger partial charge in [-0.3, -0.25) is 4.98 Å². The van der Waals surface area contributed by atoms with Crippen molar-refractivity contribution in [2.24, 2.45) is 5.73 Å². The molecule has 0 aliphatic carbocycles. The highest BCUT2D eigenvalue weighted by Crippen LogP contribution is 2.23. The number of pyridine rings is 1. The number of aromatic nitrogens is 2. The van der Waals surface area contributed by atoms with Crippen LogP contribution < -0.4 is 11.1 Å². The highest BCUT2D eigenvalue weighted by Gasteiger charge is 2.06. The fourth-order valence-electron chi connectivity index (χ4n) is 1.78. The molecule has 2 heterocycles. The summed E-state index contributed by atoms with van der Waals surface area (Å²) in [5.74, 6) is 0. The summed E-state index contributed by atoms with van der Waals surface area (Å²) in [5, 5.41) is 4.17. The zero-order valence-corrected chi connectivity index (χ0v) is 9.63. The molecule has 0 saturated heterocycles. The lowest BCUT2D eigenvalue weighted by Gasteiger charge is -2.04. The molecule has 0 atom stereocenters. The average Bonchev–Trinajstić information content (AvgIpc) is 2.87. The zero-order valence-electron chi connectivity index (χ0n) is 9.63. The molecule has 1 aromatic carbocycles. The summed E-state index contributed by atoms with van der Waals surface area (Å²) in [7, 11) is 0. The van der Waals surface area contributed by atoms with Crippen molar-refractivity contribution in [1.82, 2.24) is 9.97 Å². The minimum atomic E-state index is 0.360. The molecule has 0 spiro atoms. The second-order valence-corrected chi connectivity index (χ2v) is 3.85. The minimum Gasteiger partial charge on any atom is -0.432 e. The Morgan fingerprint density at radius 1 is 1.22 bits per heavy atom. The van der Waals surface area contributed by atoms with Crippen molar-refractivity contribution in [3.8, 4) is 0 Å². The van der Waals surface area contributed by atoms with Crippen LogP contribution in [0, 0.1) is 0 Å². The average molecular weight is 240 g/mol. The number of fused-ring (bicyclic) bond motifs is 1. The van der Waals surface area contributed by atoms with Crippen LogP contribution in [-0.2, 0) is 6.54 Å². The van der Waals surface area contributed by atoms with E-state index < -0.39 is 0 Å². The van der Waals surface area contributed by atoms with Gasteiger partial charge >= 0.3 is 0 Å². The number of oxazole rings is 1. The predicted octanol–water partition coefficient (Wildman–Crippen LogP) is 2.43. The number of nitrogens with two attached hydrogens (primary N) is 1. The molecule has 0 aliphatic heterocycles. The Morgan fingerprint density at radius 3 is 2.94 bits per heavy atom. The van der Waals surface area contributed by atoms with Gasteiger partial charge in [0, 0.05) is 18.1 Å². The minimum absolute atomic E-state index is 0.360. The molecule has 5 heteroatoms. The summed E-state index contributed by atoms with van der Waals surface area (Å²) in [5.41, 5.74) is 7.94. The van der Waals surface area contributed by atoms with Gasteiger partial charge in [-0.05, 0) is 12.1 Å². The van der Waals surface area contributed by atoms with Crippen molar-refractivity contribution in [2.45, 2.75) is 6.54 Å². The molecule has 3 rings (SSSR count). The number of benzene rings is 1. The summed E-state index contributed by atoms with van der Waals surface area (Å²) in [6, 6.07) is 10.2. The fourth-order valence-corrected chi connectivity index (χ4v) is 1.78. The van der Waals surface area contributed by atoms with Crippen LogP contribution >= 0.6 is 0 Å². The number of hydrogen-bond donors (Lipinski definition) is 2. The van der Waals surface area contributed by atoms with Gasteiger partial charge in [0.05, 0.1) is 16.9 Å². The SMILES string of the molecule is NCc1coc(Nc2cccc3cccnc23)n1. The van der Waals surface area contributed by atoms with Crippen molar-refractivity contribution in [1.29, 1.82) is 0 Å². The fraction of sp³-hybridized carbons (Fsp3) is 0.0769. The van der Waals surface area contributed by atoms with E-state index in [0.717, 1.165) is 16.6 Å². The Labute approximate surface area is 104 Å². The first-order valence-electron chi connectivity index (χ1n) is 5.62. The molecule has 0 aliphatic rings. The van der Waals surface area contributed by atoms with E-state index >= 15 is 0 Å². The molecule has 5 nitrogen and oxygen atoms in total. The zero-order chi connectivity index (χ0) is 12.4. The van der Waals surface area contributed by atoms with Gasteiger partial charge in [-0.2, -0.15) is 4.98 Å². The van der Waals surface area contributed by atoms with E-state index in [1.165, 1.54) is 0 Å². The Balaban J connectivity index is 1.99. The summed E-state index contributed by atoms with van der Waals surface area (Å²) >= 11 is 0. The Morgan fingerprint density at radius 2 is 2.11 bits per heavy atom. The summed E-state index contributed by atoms with van der Waals surface area (Å²) in [6.07, 6.45) is 3.30. The van der Waals surface area contributed by atoms with Crippen molar-refractivity contribution < 1.29 is 4.42 Å². The van der Waals surface area contributed by atoms with Crippen LogP contribution in [0.2, 0.25) is 0 Å². The first-order valence-corrected chi connectivity index (χ1v) is 5.62. The molecule has 0 unspecified atom stereocenters. The third kappa shape index (κ3) is 1.91. The van der Waals surface area contributed by atoms with Crippen molar-refractivity contribution >= 4 is 22.6 Å². The summed E-state index contributed by atoms with van der Waals surface area (Å²) < 4.78 is 5.28. The van der Waals surface area contributed by atoms with Crippen LogP contribution in [-0.4, -0.2) is 9.97 Å². The van der Waals surface area contributed by atoms with E-state index in [2.05, 4.69) is 15.3 Å². The lowest BCUT2D eigenvalue weighted by atomic mass is 10.2. The summed E-state index contributed by atoms with van der Waals surface area (Å²) in [6.45, 7) is 0.360. The monoisotopic (exact) mass is 240 g/mol. The van der Waals surface area contributed by atoms with E-state index in [1.54, 1.807) is 12.5 Å². The van der Waals surface area contributed by atoms with Gasteiger partial charge in [-0.15, -0.1) is 0 Å². The van der Waals surface area contributed by atoms with Crippen LogP contribution in [0.1, 0.15) is 5.69 Å². The Hall–Kier alpha value is -2.40. The second kappa shape index (κ2) is 4.46. The standard InChI is InChI=1S/C13H12N4O/c14-7-10-8-18-13(16-10)17-11-5-1-3-9-4-2-6-15-12(9)11/h1-6,8H,7,14H2,(H,16,17). The smallest absolute Gasteiger partial charge is 0.299 e. The molecule has 3 N–H and O–H groups in total. The third-order valence-corrected chi connectivity index (χ3v) is 2.64. The van der Waals surface area contributed by atoms with Gasteiger partial charge in [0.25, 0.3) is 6.01 Å². The first kappa shape index (κ1) is 10.7. The number of nitrogens with zero attached hydrogens (tertiary/aromatic N) is 2. The van der Waals surface area contributed by atoms with Crippen molar-refractivity contribution in [3.05, 3.63) is 48.5 Å². The van der Waals surface area contributed by atoms with Crippen LogP contribution in [0.3, 0.4) is 0 Å². The van der Waals surface area contributed by atoms with E-state index in [4.69, 9.17) is 10.2 Å². The van der Waals surface area contributed by atoms with E-state index in [9.17, 15) is 0 Å². The number of rotatable bonds is 3. The molecule has 3 aromatic rings. The molecule has 2 aromatic heterocycles. The van der Waals surface area contributed by atoms with Crippen LogP contribution in [0.5, 0.6) is 0 Å². The number of para-hydroxylation sites is 1. The topological polar surface area (TPSA) is 77.0 Å². The molecule has 18 heavy (non-hydrogen) atoms. The van der Waals surface area contributed by atoms with Gasteiger partial charge in [0.1, 0.15) is 6.26 Å². The van der Waals surface area contributed by atoms with Gasteiger partial charge in [0.15, 0.2) is 0 Å². The molecule has 0 saturated carbocycles. The molecule has 0 bridgehead atoms. The van der Waals surface area contributed by atoms with E-state index in [0.29, 0.717) is 18.3 Å². The molecule has 0 fully saturated rings. The Bertz CT molecular complexity index is 672. The highest BCUT2D eigenvalue weighted by molar-refractivity contribution is 5.91. The highest BCUT2D eigenvalue weighted by atomic mass is 16.4. The molecule has 0 amide bonds. The van der Waals surface area contributed by atoms with Crippen LogP contribution in [0.25, 0.3) is 10.9 Å². The largest absolute Gasteiger partial charge is 0.432 e. The quantitative estimate of drug-likeness (QED) is 0.735. The van der Waals surface area contributed by atoms with Gasteiger partial charge in [-0.25, -0.2) is 0 Å². The molecule has 90 valence electrons. The summed E-state index contributed by atoms with van der Waals surface area (Å²) in [4.78, 5) is 8.55. The van der Waals surface area contributed by atoms with Crippen molar-refractivity contribution in [2.75, 3.05) is 5.32 Å². The maximum Gasteiger partial charge on any atom is 0.299 e. The normalized spacial score (nSPS) is 10.7. The van der Waals surface area contributed by atoms with Crippen molar-refractivity contribution in [3.63, 3.8) is 0 Å². The predicted molar refractivity (Wildman–Crippen MR) is 69.4 cm³/mol.